The highest BCUT2D eigenvalue weighted by Gasteiger charge is 2.18. The van der Waals surface area contributed by atoms with Gasteiger partial charge in [0.2, 0.25) is 5.91 Å². The molecule has 1 rings (SSSR count). The van der Waals surface area contributed by atoms with Crippen LogP contribution in [0.25, 0.3) is 6.08 Å². The van der Waals surface area contributed by atoms with E-state index >= 15 is 0 Å². The molecular formula is C16H20Br2N4O4. The van der Waals surface area contributed by atoms with Gasteiger partial charge in [0, 0.05) is 12.6 Å². The lowest BCUT2D eigenvalue weighted by Crippen LogP contribution is -2.40. The van der Waals surface area contributed by atoms with Gasteiger partial charge in [-0.1, -0.05) is 0 Å². The summed E-state index contributed by atoms with van der Waals surface area (Å²) in [4.78, 5) is 27.0. The van der Waals surface area contributed by atoms with E-state index in [1.54, 1.807) is 25.3 Å². The number of hydrogen-bond acceptors (Lipinski definition) is 4. The Hall–Kier alpha value is -2.07. The molecule has 0 aliphatic carbocycles. The number of halogens is 2. The van der Waals surface area contributed by atoms with E-state index in [0.29, 0.717) is 18.7 Å². The van der Waals surface area contributed by atoms with Crippen LogP contribution in [0.4, 0.5) is 0 Å². The Morgan fingerprint density at radius 2 is 1.96 bits per heavy atom. The van der Waals surface area contributed by atoms with Gasteiger partial charge in [-0.25, -0.2) is 4.79 Å². The number of carbonyl (C=O) groups excluding carboxylic acids is 1. The van der Waals surface area contributed by atoms with Crippen LogP contribution >= 0.6 is 31.9 Å². The summed E-state index contributed by atoms with van der Waals surface area (Å²) >= 11 is 6.75. The van der Waals surface area contributed by atoms with Crippen molar-refractivity contribution in [2.75, 3.05) is 13.7 Å². The minimum Gasteiger partial charge on any atom is -0.494 e. The fraction of sp³-hybridized carbons (Fsp3) is 0.312. The van der Waals surface area contributed by atoms with Crippen LogP contribution in [-0.2, 0) is 9.59 Å². The van der Waals surface area contributed by atoms with Gasteiger partial charge in [0.15, 0.2) is 5.96 Å². The molecule has 26 heavy (non-hydrogen) atoms. The number of carbonyl (C=O) groups is 2. The molecule has 0 aliphatic rings. The van der Waals surface area contributed by atoms with Crippen LogP contribution in [0.15, 0.2) is 32.1 Å². The summed E-state index contributed by atoms with van der Waals surface area (Å²) in [6.07, 6.45) is 3.48. The number of carboxylic acid groups (broad SMARTS) is 1. The number of nitrogens with zero attached hydrogens (tertiary/aromatic N) is 1. The van der Waals surface area contributed by atoms with Gasteiger partial charge in [-0.05, 0) is 68.5 Å². The lowest BCUT2D eigenvalue weighted by molar-refractivity contribution is -0.141. The van der Waals surface area contributed by atoms with Crippen molar-refractivity contribution in [3.8, 4) is 5.75 Å². The quantitative estimate of drug-likeness (QED) is 0.180. The van der Waals surface area contributed by atoms with Crippen molar-refractivity contribution in [2.45, 2.75) is 18.9 Å². The fourth-order valence-electron chi connectivity index (χ4n) is 2.02. The second-order valence-corrected chi connectivity index (χ2v) is 6.91. The summed E-state index contributed by atoms with van der Waals surface area (Å²) in [6, 6.07) is 2.53. The molecule has 142 valence electrons. The molecule has 6 N–H and O–H groups in total. The smallest absolute Gasteiger partial charge is 0.326 e. The molecule has 1 atom stereocenters. The minimum atomic E-state index is -1.12. The maximum Gasteiger partial charge on any atom is 0.326 e. The molecule has 0 radical (unpaired) electrons. The van der Waals surface area contributed by atoms with E-state index in [2.05, 4.69) is 42.2 Å². The van der Waals surface area contributed by atoms with Crippen LogP contribution in [0.2, 0.25) is 0 Å². The van der Waals surface area contributed by atoms with E-state index in [4.69, 9.17) is 16.2 Å². The third-order valence-corrected chi connectivity index (χ3v) is 4.39. The Bertz CT molecular complexity index is 695. The Morgan fingerprint density at radius 3 is 2.46 bits per heavy atom. The predicted molar refractivity (Wildman–Crippen MR) is 107 cm³/mol. The zero-order valence-corrected chi connectivity index (χ0v) is 17.2. The molecule has 1 aromatic rings. The third kappa shape index (κ3) is 7.44. The van der Waals surface area contributed by atoms with Gasteiger partial charge in [0.25, 0.3) is 0 Å². The molecule has 0 spiro atoms. The van der Waals surface area contributed by atoms with Crippen LogP contribution in [0.3, 0.4) is 0 Å². The average molecular weight is 492 g/mol. The molecule has 8 nitrogen and oxygen atoms in total. The number of carboxylic acids is 1. The summed E-state index contributed by atoms with van der Waals surface area (Å²) in [7, 11) is 1.55. The number of benzene rings is 1. The number of methoxy groups -OCH3 is 1. The first-order chi connectivity index (χ1) is 12.2. The molecule has 1 aromatic carbocycles. The molecule has 0 unspecified atom stereocenters. The number of rotatable bonds is 9. The van der Waals surface area contributed by atoms with Crippen LogP contribution in [0.5, 0.6) is 5.75 Å². The standard InChI is InChI=1S/C16H20Br2N4O4/c1-26-14-10(17)7-9(8-11(14)18)4-5-13(23)22-12(15(24)25)3-2-6-21-16(19)20/h4-5,7-8,12H,2-3,6H2,1H3,(H,22,23)(H,24,25)(H4,19,20,21)/b5-4+/t12-/m1/s1. The highest BCUT2D eigenvalue weighted by molar-refractivity contribution is 9.11. The van der Waals surface area contributed by atoms with Gasteiger partial charge >= 0.3 is 5.97 Å². The fourth-order valence-corrected chi connectivity index (χ4v) is 3.57. The van der Waals surface area contributed by atoms with Gasteiger partial charge in [-0.15, -0.1) is 0 Å². The Labute approximate surface area is 167 Å². The largest absolute Gasteiger partial charge is 0.494 e. The number of nitrogens with one attached hydrogen (secondary N) is 1. The Morgan fingerprint density at radius 1 is 1.35 bits per heavy atom. The molecule has 1 amide bonds. The summed E-state index contributed by atoms with van der Waals surface area (Å²) in [5.41, 5.74) is 11.1. The molecule has 0 aromatic heterocycles. The highest BCUT2D eigenvalue weighted by atomic mass is 79.9. The zero-order chi connectivity index (χ0) is 19.7. The van der Waals surface area contributed by atoms with Crippen LogP contribution in [-0.4, -0.2) is 42.6 Å². The van der Waals surface area contributed by atoms with Crippen molar-refractivity contribution in [3.63, 3.8) is 0 Å². The molecule has 0 bridgehead atoms. The van der Waals surface area contributed by atoms with Gasteiger partial charge in [-0.3, -0.25) is 9.79 Å². The van der Waals surface area contributed by atoms with Crippen LogP contribution < -0.4 is 21.5 Å². The van der Waals surface area contributed by atoms with E-state index in [1.165, 1.54) is 6.08 Å². The van der Waals surface area contributed by atoms with Crippen LogP contribution in [0.1, 0.15) is 18.4 Å². The van der Waals surface area contributed by atoms with Crippen LogP contribution in [0, 0.1) is 0 Å². The van der Waals surface area contributed by atoms with Crippen molar-refractivity contribution < 1.29 is 19.4 Å². The minimum absolute atomic E-state index is 0.0549. The lowest BCUT2D eigenvalue weighted by atomic mass is 10.1. The third-order valence-electron chi connectivity index (χ3n) is 3.21. The van der Waals surface area contributed by atoms with E-state index in [-0.39, 0.29) is 12.4 Å². The molecule has 0 saturated carbocycles. The van der Waals surface area contributed by atoms with Crippen molar-refractivity contribution in [3.05, 3.63) is 32.7 Å². The van der Waals surface area contributed by atoms with Gasteiger partial charge in [0.05, 0.1) is 16.1 Å². The number of ether oxygens (including phenoxy) is 1. The maximum absolute atomic E-state index is 12.0. The first kappa shape index (κ1) is 22.0. The Balaban J connectivity index is 2.69. The first-order valence-corrected chi connectivity index (χ1v) is 9.13. The van der Waals surface area contributed by atoms with Crippen molar-refractivity contribution in [2.24, 2.45) is 16.5 Å². The topological polar surface area (TPSA) is 140 Å². The van der Waals surface area contributed by atoms with Gasteiger partial charge in [-0.2, -0.15) is 0 Å². The summed E-state index contributed by atoms with van der Waals surface area (Å²) < 4.78 is 6.65. The second-order valence-electron chi connectivity index (χ2n) is 5.20. The number of guanidine groups is 1. The average Bonchev–Trinajstić information content (AvgIpc) is 2.55. The summed E-state index contributed by atoms with van der Waals surface area (Å²) in [6.45, 7) is 0.297. The number of aliphatic carboxylic acids is 1. The SMILES string of the molecule is COc1c(Br)cc(/C=C/C(=O)N[C@H](CCCN=C(N)N)C(=O)O)cc1Br. The maximum atomic E-state index is 12.0. The molecule has 0 fully saturated rings. The van der Waals surface area contributed by atoms with E-state index in [1.807, 2.05) is 0 Å². The van der Waals surface area contributed by atoms with Gasteiger partial charge < -0.3 is 26.6 Å². The Kier molecular flexibility index (Phi) is 9.14. The molecular weight excluding hydrogens is 472 g/mol. The number of hydrogen-bond donors (Lipinski definition) is 4. The molecule has 0 aliphatic heterocycles. The van der Waals surface area contributed by atoms with E-state index in [0.717, 1.165) is 14.5 Å². The number of nitrogens with two attached hydrogens (primary N) is 2. The summed E-state index contributed by atoms with van der Waals surface area (Å²) in [5.74, 6) is -1.05. The number of amides is 1. The summed E-state index contributed by atoms with van der Waals surface area (Å²) in [5, 5.41) is 11.6. The second kappa shape index (κ2) is 10.8. The molecule has 10 heteroatoms. The normalized spacial score (nSPS) is 11.8. The zero-order valence-electron chi connectivity index (χ0n) is 14.0. The van der Waals surface area contributed by atoms with Crippen molar-refractivity contribution in [1.29, 1.82) is 0 Å². The van der Waals surface area contributed by atoms with E-state index in [9.17, 15) is 14.7 Å². The highest BCUT2D eigenvalue weighted by Crippen LogP contribution is 2.34. The van der Waals surface area contributed by atoms with Gasteiger partial charge in [0.1, 0.15) is 11.8 Å². The monoisotopic (exact) mass is 490 g/mol. The number of aliphatic imine (C=N–C) groups is 1. The predicted octanol–water partition coefficient (Wildman–Crippen LogP) is 1.86. The molecule has 0 heterocycles. The van der Waals surface area contributed by atoms with Crippen molar-refractivity contribution >= 4 is 55.8 Å². The first-order valence-electron chi connectivity index (χ1n) is 7.54. The van der Waals surface area contributed by atoms with E-state index < -0.39 is 17.9 Å². The lowest BCUT2D eigenvalue weighted by Gasteiger charge is -2.12. The molecule has 0 saturated heterocycles. The van der Waals surface area contributed by atoms with Crippen molar-refractivity contribution in [1.82, 2.24) is 5.32 Å².